The minimum atomic E-state index is -0.355. The van der Waals surface area contributed by atoms with E-state index in [-0.39, 0.29) is 10.6 Å². The van der Waals surface area contributed by atoms with Crippen LogP contribution < -0.4 is 0 Å². The van der Waals surface area contributed by atoms with Gasteiger partial charge in [0.05, 0.1) is 4.92 Å². The van der Waals surface area contributed by atoms with E-state index >= 15 is 0 Å². The summed E-state index contributed by atoms with van der Waals surface area (Å²) < 4.78 is 0.760. The zero-order valence-corrected chi connectivity index (χ0v) is 9.61. The zero-order valence-electron chi connectivity index (χ0n) is 8.03. The molecule has 0 aliphatic carbocycles. The van der Waals surface area contributed by atoms with E-state index in [2.05, 4.69) is 15.9 Å². The minimum absolute atomic E-state index is 0.153. The molecular formula is C11H8BrNO2. The monoisotopic (exact) mass is 265 g/mol. The first kappa shape index (κ1) is 10.1. The molecule has 76 valence electrons. The van der Waals surface area contributed by atoms with Crippen molar-refractivity contribution in [2.75, 3.05) is 0 Å². The maximum Gasteiger partial charge on any atom is 0.274 e. The fraction of sp³-hybridized carbons (Fsp3) is 0.0909. The summed E-state index contributed by atoms with van der Waals surface area (Å²) in [6.07, 6.45) is 0. The summed E-state index contributed by atoms with van der Waals surface area (Å²) in [6, 6.07) is 9.18. The van der Waals surface area contributed by atoms with Gasteiger partial charge in [0.25, 0.3) is 5.69 Å². The second-order valence-corrected chi connectivity index (χ2v) is 4.16. The molecule has 0 amide bonds. The van der Waals surface area contributed by atoms with Gasteiger partial charge in [0, 0.05) is 16.1 Å². The number of halogens is 1. The summed E-state index contributed by atoms with van der Waals surface area (Å²) in [4.78, 5) is 10.4. The molecule has 2 aromatic carbocycles. The molecule has 0 heterocycles. The van der Waals surface area contributed by atoms with E-state index in [4.69, 9.17) is 0 Å². The predicted octanol–water partition coefficient (Wildman–Crippen LogP) is 3.82. The lowest BCUT2D eigenvalue weighted by Gasteiger charge is -2.04. The van der Waals surface area contributed by atoms with Gasteiger partial charge in [0.2, 0.25) is 0 Å². The molecule has 2 aromatic rings. The van der Waals surface area contributed by atoms with E-state index in [0.717, 1.165) is 15.2 Å². The van der Waals surface area contributed by atoms with Gasteiger partial charge in [0.15, 0.2) is 0 Å². The summed E-state index contributed by atoms with van der Waals surface area (Å²) in [6.45, 7) is 1.77. The topological polar surface area (TPSA) is 43.1 Å². The lowest BCUT2D eigenvalue weighted by atomic mass is 10.0. The highest BCUT2D eigenvalue weighted by atomic mass is 79.9. The molecule has 0 radical (unpaired) electrons. The summed E-state index contributed by atoms with van der Waals surface area (Å²) in [7, 11) is 0. The standard InChI is InChI=1S/C11H8BrNO2/c1-7-8-4-2-3-5-9(8)10(12)6-11(7)13(14)15/h2-6H,1H3. The molecule has 3 nitrogen and oxygen atoms in total. The number of rotatable bonds is 1. The third kappa shape index (κ3) is 1.61. The Labute approximate surface area is 95.0 Å². The molecular weight excluding hydrogens is 258 g/mol. The van der Waals surface area contributed by atoms with Crippen LogP contribution in [0.1, 0.15) is 5.56 Å². The Morgan fingerprint density at radius 3 is 2.47 bits per heavy atom. The number of nitrogens with zero attached hydrogens (tertiary/aromatic N) is 1. The van der Waals surface area contributed by atoms with Crippen LogP contribution in [0.4, 0.5) is 5.69 Å². The first-order chi connectivity index (χ1) is 7.11. The molecule has 0 saturated carbocycles. The van der Waals surface area contributed by atoms with E-state index < -0.39 is 0 Å². The van der Waals surface area contributed by atoms with Crippen molar-refractivity contribution in [2.24, 2.45) is 0 Å². The van der Waals surface area contributed by atoms with Crippen LogP contribution in [0.2, 0.25) is 0 Å². The number of hydrogen-bond acceptors (Lipinski definition) is 2. The van der Waals surface area contributed by atoms with E-state index in [9.17, 15) is 10.1 Å². The summed E-state index contributed by atoms with van der Waals surface area (Å²) >= 11 is 3.35. The van der Waals surface area contributed by atoms with Gasteiger partial charge in [0.1, 0.15) is 0 Å². The van der Waals surface area contributed by atoms with Crippen LogP contribution in [0.15, 0.2) is 34.8 Å². The Balaban J connectivity index is 2.90. The Kier molecular flexibility index (Phi) is 2.44. The van der Waals surface area contributed by atoms with Gasteiger partial charge in [-0.25, -0.2) is 0 Å². The molecule has 0 aliphatic heterocycles. The van der Waals surface area contributed by atoms with E-state index in [1.165, 1.54) is 0 Å². The number of fused-ring (bicyclic) bond motifs is 1. The normalized spacial score (nSPS) is 10.5. The number of nitro benzene ring substituents is 1. The molecule has 0 saturated heterocycles. The van der Waals surface area contributed by atoms with Crippen LogP contribution in [0, 0.1) is 17.0 Å². The maximum atomic E-state index is 10.8. The molecule has 0 atom stereocenters. The third-order valence-corrected chi connectivity index (χ3v) is 3.09. The second-order valence-electron chi connectivity index (χ2n) is 3.31. The first-order valence-corrected chi connectivity index (χ1v) is 5.23. The highest BCUT2D eigenvalue weighted by Gasteiger charge is 2.15. The predicted molar refractivity (Wildman–Crippen MR) is 63.0 cm³/mol. The molecule has 0 bridgehead atoms. The van der Waals surface area contributed by atoms with Crippen molar-refractivity contribution in [3.8, 4) is 0 Å². The van der Waals surface area contributed by atoms with Crippen molar-refractivity contribution in [2.45, 2.75) is 6.92 Å². The number of benzene rings is 2. The fourth-order valence-electron chi connectivity index (χ4n) is 1.65. The maximum absolute atomic E-state index is 10.8. The molecule has 0 aliphatic rings. The average Bonchev–Trinajstić information content (AvgIpc) is 2.23. The van der Waals surface area contributed by atoms with Crippen molar-refractivity contribution < 1.29 is 4.92 Å². The van der Waals surface area contributed by atoms with Crippen molar-refractivity contribution >= 4 is 32.4 Å². The molecule has 0 fully saturated rings. The van der Waals surface area contributed by atoms with Crippen LogP contribution in [-0.2, 0) is 0 Å². The van der Waals surface area contributed by atoms with Gasteiger partial charge in [-0.1, -0.05) is 24.3 Å². The van der Waals surface area contributed by atoms with Crippen molar-refractivity contribution in [1.29, 1.82) is 0 Å². The molecule has 0 N–H and O–H groups in total. The Bertz CT molecular complexity index is 552. The second kappa shape index (κ2) is 3.62. The molecule has 2 rings (SSSR count). The van der Waals surface area contributed by atoms with Gasteiger partial charge in [-0.15, -0.1) is 0 Å². The lowest BCUT2D eigenvalue weighted by molar-refractivity contribution is -0.385. The molecule has 15 heavy (non-hydrogen) atoms. The first-order valence-electron chi connectivity index (χ1n) is 4.43. The molecule has 0 unspecified atom stereocenters. The van der Waals surface area contributed by atoms with Crippen molar-refractivity contribution in [1.82, 2.24) is 0 Å². The van der Waals surface area contributed by atoms with Gasteiger partial charge in [-0.3, -0.25) is 10.1 Å². The van der Waals surface area contributed by atoms with E-state index in [1.54, 1.807) is 13.0 Å². The Hall–Kier alpha value is -1.42. The molecule has 0 aromatic heterocycles. The van der Waals surface area contributed by atoms with Gasteiger partial charge in [-0.05, 0) is 33.6 Å². The number of aryl methyl sites for hydroxylation is 1. The third-order valence-electron chi connectivity index (χ3n) is 2.43. The molecule has 0 spiro atoms. The van der Waals surface area contributed by atoms with Crippen LogP contribution in [0.25, 0.3) is 10.8 Å². The SMILES string of the molecule is Cc1c([N+](=O)[O-])cc(Br)c2ccccc12. The lowest BCUT2D eigenvalue weighted by Crippen LogP contribution is -1.93. The van der Waals surface area contributed by atoms with Gasteiger partial charge >= 0.3 is 0 Å². The summed E-state index contributed by atoms with van der Waals surface area (Å²) in [5.74, 6) is 0. The Morgan fingerprint density at radius 2 is 1.87 bits per heavy atom. The summed E-state index contributed by atoms with van der Waals surface area (Å²) in [5, 5.41) is 12.7. The van der Waals surface area contributed by atoms with Crippen molar-refractivity contribution in [3.05, 3.63) is 50.5 Å². The quantitative estimate of drug-likeness (QED) is 0.581. The smallest absolute Gasteiger partial charge is 0.258 e. The van der Waals surface area contributed by atoms with Crippen molar-refractivity contribution in [3.63, 3.8) is 0 Å². The van der Waals surface area contributed by atoms with E-state index in [1.807, 2.05) is 24.3 Å². The number of hydrogen-bond donors (Lipinski definition) is 0. The average molecular weight is 266 g/mol. The van der Waals surface area contributed by atoms with Gasteiger partial charge in [-0.2, -0.15) is 0 Å². The largest absolute Gasteiger partial charge is 0.274 e. The minimum Gasteiger partial charge on any atom is -0.258 e. The Morgan fingerprint density at radius 1 is 1.27 bits per heavy atom. The highest BCUT2D eigenvalue weighted by Crippen LogP contribution is 2.33. The van der Waals surface area contributed by atoms with E-state index in [0.29, 0.717) is 5.56 Å². The van der Waals surface area contributed by atoms with Crippen LogP contribution in [0.3, 0.4) is 0 Å². The summed E-state index contributed by atoms with van der Waals surface area (Å²) in [5.41, 5.74) is 0.861. The van der Waals surface area contributed by atoms with Crippen LogP contribution in [0.5, 0.6) is 0 Å². The highest BCUT2D eigenvalue weighted by molar-refractivity contribution is 9.10. The molecule has 4 heteroatoms. The van der Waals surface area contributed by atoms with Gasteiger partial charge < -0.3 is 0 Å². The fourth-order valence-corrected chi connectivity index (χ4v) is 2.21. The zero-order chi connectivity index (χ0) is 11.0. The van der Waals surface area contributed by atoms with Crippen LogP contribution in [-0.4, -0.2) is 4.92 Å². The number of nitro groups is 1. The van der Waals surface area contributed by atoms with Crippen LogP contribution >= 0.6 is 15.9 Å².